The number of halogens is 4. The van der Waals surface area contributed by atoms with Gasteiger partial charge in [-0.3, -0.25) is 9.59 Å². The summed E-state index contributed by atoms with van der Waals surface area (Å²) in [6, 6.07) is 33.0. The Hall–Kier alpha value is -5.37. The van der Waals surface area contributed by atoms with Crippen LogP contribution in [0.4, 0.5) is 0 Å². The summed E-state index contributed by atoms with van der Waals surface area (Å²) in [5.74, 6) is 4.61. The van der Waals surface area contributed by atoms with E-state index in [2.05, 4.69) is 168 Å². The highest BCUT2D eigenvalue weighted by molar-refractivity contribution is 6.62. The Morgan fingerprint density at radius 1 is 0.491 bits per heavy atom. The maximum Gasteiger partial charge on any atom is 0.494 e. The van der Waals surface area contributed by atoms with Crippen molar-refractivity contribution in [1.82, 2.24) is 0 Å². The van der Waals surface area contributed by atoms with Crippen LogP contribution in [0.15, 0.2) is 127 Å². The molecule has 8 aliphatic carbocycles. The predicted molar refractivity (Wildman–Crippen MR) is 421 cm³/mol. The van der Waals surface area contributed by atoms with Crippen LogP contribution in [0.25, 0.3) is 30.1 Å². The van der Waals surface area contributed by atoms with E-state index in [4.69, 9.17) is 80.8 Å². The van der Waals surface area contributed by atoms with E-state index in [1.54, 1.807) is 14.2 Å². The van der Waals surface area contributed by atoms with Crippen molar-refractivity contribution in [1.29, 1.82) is 0 Å². The zero-order valence-corrected chi connectivity index (χ0v) is 71.2. The Kier molecular flexibility index (Phi) is 26.7. The molecule has 2 aromatic heterocycles. The molecule has 5 heterocycles. The maximum atomic E-state index is 10.8. The summed E-state index contributed by atoms with van der Waals surface area (Å²) in [5, 5.41) is 18.8. The fourth-order valence-electron chi connectivity index (χ4n) is 19.0. The van der Waals surface area contributed by atoms with E-state index >= 15 is 0 Å². The second-order valence-corrected chi connectivity index (χ2v) is 34.9. The summed E-state index contributed by atoms with van der Waals surface area (Å²) in [5.41, 5.74) is 8.66. The first-order chi connectivity index (χ1) is 51.7. The average Bonchev–Trinajstić information content (AvgIpc) is 0.792. The summed E-state index contributed by atoms with van der Waals surface area (Å²) in [4.78, 5) is 34.0. The minimum Gasteiger partial charge on any atom is -1.00 e. The summed E-state index contributed by atoms with van der Waals surface area (Å²) in [6.45, 7) is 18.8. The van der Waals surface area contributed by atoms with Crippen molar-refractivity contribution in [3.8, 4) is 11.5 Å². The van der Waals surface area contributed by atoms with Crippen molar-refractivity contribution >= 4 is 90.4 Å². The van der Waals surface area contributed by atoms with Crippen LogP contribution in [0.1, 0.15) is 215 Å². The van der Waals surface area contributed by atoms with Gasteiger partial charge in [0.05, 0.1) is 39.6 Å². The number of carboxylic acids is 2. The number of ether oxygens (including phenoxy) is 4. The zero-order chi connectivity index (χ0) is 75.9. The number of carbonyl (C=O) groups is 2. The quantitative estimate of drug-likeness (QED) is 0.0119. The highest BCUT2D eigenvalue weighted by Gasteiger charge is 2.77. The molecule has 8 bridgehead atoms. The van der Waals surface area contributed by atoms with Crippen LogP contribution in [0.5, 0.6) is 11.5 Å². The lowest BCUT2D eigenvalue weighted by molar-refractivity contribution is -0.697. The van der Waals surface area contributed by atoms with E-state index in [9.17, 15) is 9.59 Å². The molecule has 3 saturated heterocycles. The van der Waals surface area contributed by atoms with Crippen LogP contribution in [0.2, 0.25) is 10.0 Å². The number of carboxylic acid groups (broad SMARTS) is 2. The molecule has 8 saturated carbocycles. The van der Waals surface area contributed by atoms with Crippen LogP contribution in [-0.2, 0) is 79.5 Å². The number of hydrogen-bond donors (Lipinski definition) is 2. The summed E-state index contributed by atoms with van der Waals surface area (Å²) in [6.07, 6.45) is 34.3. The first-order valence-corrected chi connectivity index (χ1v) is 40.3. The molecule has 0 radical (unpaired) electrons. The van der Waals surface area contributed by atoms with Crippen LogP contribution in [-0.4, -0.2) is 78.6 Å². The highest BCUT2D eigenvalue weighted by atomic mass is 127. The molecular formula is C88H108B2Cl2I2N2O14. The van der Waals surface area contributed by atoms with Gasteiger partial charge in [-0.15, -0.1) is 0 Å². The molecule has 1 atom stereocenters. The topological polar surface area (TPSA) is 175 Å². The van der Waals surface area contributed by atoms with Crippen molar-refractivity contribution in [3.63, 3.8) is 0 Å². The third-order valence-electron chi connectivity index (χ3n) is 25.9. The number of aliphatic carboxylic acids is 2. The number of methoxy groups -OCH3 is 2. The van der Waals surface area contributed by atoms with Gasteiger partial charge in [-0.05, 0) is 237 Å². The monoisotopic (exact) mass is 1760 g/mol. The van der Waals surface area contributed by atoms with Gasteiger partial charge in [-0.2, -0.15) is 4.89 Å². The Morgan fingerprint density at radius 3 is 1.27 bits per heavy atom. The Labute approximate surface area is 695 Å². The number of pyridine rings is 2. The standard InChI is InChI=1S/C44H53BClNO8.C44H53BClNO6.2HI/c1-41(2)42(3,4)53-45(52-41)36-15-11-30(12-16-36)28-51-40-33(13-10-29-18-21-47(22-19-29)20-8-6-7-9-38(48)49)14-17-37(39(40)46)44(50-5)43(54-55-44)34-24-31-23-32(26-34)27-35(43)25-31;1-43(2)44(3,4)53-45(52-43)36-15-11-30(12-16-36)28-51-41-33(13-10-29-18-21-47(22-19-29)20-8-6-7-9-38(48)49)14-17-37(40(41)46)42(50-5)39-34-24-31-23-32(26-34)27-35(39)25-31;;/h10-19,21-22,31-32,34-35H,6-9,20,23-28H2,1-5H3;10-19,21-22,31-32,34-35H,6-9,20,23-28H2,1-5H3;2*1H/b13-10+;13-10+,42-39?;;. The normalized spacial score (nSPS) is 26.5. The van der Waals surface area contributed by atoms with Gasteiger partial charge >= 0.3 is 26.2 Å². The van der Waals surface area contributed by atoms with Crippen molar-refractivity contribution in [2.75, 3.05) is 14.2 Å². The molecule has 6 aromatic rings. The average molecular weight is 1760 g/mol. The second-order valence-electron chi connectivity index (χ2n) is 34.1. The second kappa shape index (κ2) is 35.0. The Bertz CT molecular complexity index is 4230. The molecule has 110 heavy (non-hydrogen) atoms. The molecule has 3 aliphatic heterocycles. The lowest BCUT2D eigenvalue weighted by Crippen LogP contribution is -3.00. The molecule has 2 N–H and O–H groups in total. The number of benzene rings is 4. The third-order valence-corrected chi connectivity index (χ3v) is 26.7. The van der Waals surface area contributed by atoms with Crippen molar-refractivity contribution in [2.45, 2.75) is 231 Å². The van der Waals surface area contributed by atoms with Crippen LogP contribution < -0.4 is 77.5 Å². The van der Waals surface area contributed by atoms with E-state index in [0.29, 0.717) is 71.3 Å². The number of unbranched alkanes of at least 4 members (excludes halogenated alkanes) is 4. The largest absolute Gasteiger partial charge is 1.00 e. The minimum absolute atomic E-state index is 0. The van der Waals surface area contributed by atoms with E-state index in [1.165, 1.54) is 44.1 Å². The summed E-state index contributed by atoms with van der Waals surface area (Å²) in [7, 11) is 2.64. The van der Waals surface area contributed by atoms with Gasteiger partial charge in [0.1, 0.15) is 43.6 Å². The fourth-order valence-corrected chi connectivity index (χ4v) is 19.7. The lowest BCUT2D eigenvalue weighted by Gasteiger charge is -2.68. The Morgan fingerprint density at radius 2 is 0.891 bits per heavy atom. The first kappa shape index (κ1) is 84.0. The van der Waals surface area contributed by atoms with E-state index in [0.717, 1.165) is 149 Å². The number of nitrogens with zero attached hydrogens (tertiary/aromatic N) is 2. The van der Waals surface area contributed by atoms with Crippen LogP contribution >= 0.6 is 23.2 Å². The smallest absolute Gasteiger partial charge is 0.494 e. The van der Waals surface area contributed by atoms with Gasteiger partial charge < -0.3 is 95.7 Å². The molecule has 1 unspecified atom stereocenters. The minimum atomic E-state index is -1.13. The molecular weight excluding hydrogens is 1660 g/mol. The van der Waals surface area contributed by atoms with E-state index in [1.807, 2.05) is 42.5 Å². The van der Waals surface area contributed by atoms with Crippen molar-refractivity contribution < 1.29 is 124 Å². The van der Waals surface area contributed by atoms with Crippen LogP contribution in [0, 0.1) is 47.3 Å². The zero-order valence-electron chi connectivity index (χ0n) is 65.4. The SMILES string of the molecule is COC(=C1C2CC3CC(C2)CC1C3)c1ccc(/C=C/c2cc[n+](CCCCCC(=O)O)cc2)c(OCc2ccc(B3OC(C)(C)C(C)(C)O3)cc2)c1Cl.COC1(c2ccc(/C=C/c3cc[n+](CCCCCC(=O)O)cc3)c(OCc3ccc(B4OC(C)(C)C(C)(C)O4)cc3)c2Cl)OOC12C1CC3CC(C1)CC2C3.[I-].[I-]. The number of hydrogen-bond acceptors (Lipinski definition) is 12. The molecule has 4 aromatic carbocycles. The fraction of sp³-hybridized carbons (Fsp3) is 0.523. The number of rotatable bonds is 28. The highest BCUT2D eigenvalue weighted by Crippen LogP contribution is 2.70. The first-order valence-electron chi connectivity index (χ1n) is 39.5. The number of aryl methyl sites for hydroxylation is 2. The lowest BCUT2D eigenvalue weighted by atomic mass is 9.47. The maximum absolute atomic E-state index is 10.8. The van der Waals surface area contributed by atoms with Crippen molar-refractivity contribution in [2.24, 2.45) is 47.3 Å². The third kappa shape index (κ3) is 17.6. The molecule has 588 valence electrons. The van der Waals surface area contributed by atoms with Crippen LogP contribution in [0.3, 0.4) is 0 Å². The van der Waals surface area contributed by atoms with Crippen molar-refractivity contribution in [3.05, 3.63) is 182 Å². The molecule has 17 rings (SSSR count). The molecule has 11 aliphatic rings. The van der Waals surface area contributed by atoms with Gasteiger partial charge in [0.2, 0.25) is 0 Å². The predicted octanol–water partition coefficient (Wildman–Crippen LogP) is 11.4. The van der Waals surface area contributed by atoms with Gasteiger partial charge in [0, 0.05) is 79.3 Å². The van der Waals surface area contributed by atoms with Gasteiger partial charge in [-0.1, -0.05) is 114 Å². The van der Waals surface area contributed by atoms with E-state index in [-0.39, 0.29) is 60.8 Å². The Balaban J connectivity index is 0.000000201. The molecule has 22 heteroatoms. The number of allylic oxidation sites excluding steroid dienone is 1. The van der Waals surface area contributed by atoms with E-state index < -0.39 is 60.0 Å². The molecule has 11 fully saturated rings. The molecule has 16 nitrogen and oxygen atoms in total. The molecule has 1 spiro atoms. The summed E-state index contributed by atoms with van der Waals surface area (Å²) < 4.78 is 55.3. The van der Waals surface area contributed by atoms with Gasteiger partial charge in [-0.25, -0.2) is 14.0 Å². The molecule has 0 amide bonds. The van der Waals surface area contributed by atoms with Gasteiger partial charge in [0.15, 0.2) is 30.4 Å². The van der Waals surface area contributed by atoms with Gasteiger partial charge in [0.25, 0.3) is 5.79 Å². The summed E-state index contributed by atoms with van der Waals surface area (Å²) >= 11 is 14.8. The number of aromatic nitrogens is 2.